The van der Waals surface area contributed by atoms with Crippen molar-refractivity contribution in [2.75, 3.05) is 40.9 Å². The van der Waals surface area contributed by atoms with Gasteiger partial charge < -0.3 is 28.8 Å². The van der Waals surface area contributed by atoms with Crippen LogP contribution in [0.25, 0.3) is 0 Å². The molecule has 0 spiro atoms. The molecule has 0 saturated carbocycles. The Morgan fingerprint density at radius 3 is 1.35 bits per heavy atom. The molecule has 356 valence electrons. The number of amides is 1. The Morgan fingerprint density at radius 2 is 0.933 bits per heavy atom. The zero-order valence-corrected chi connectivity index (χ0v) is 41.3. The smallest absolute Gasteiger partial charge is 0.268 e. The van der Waals surface area contributed by atoms with Gasteiger partial charge in [-0.3, -0.25) is 9.36 Å². The third-order valence-corrected chi connectivity index (χ3v) is 12.6. The molecule has 0 heterocycles. The highest BCUT2D eigenvalue weighted by molar-refractivity contribution is 7.45. The standard InChI is InChI=1S/C51H101N2O6P/c1-6-8-10-12-14-16-18-19-20-21-22-23-24-25-26-27-28-29-30-31-32-33-35-36-38-40-42-44-50(54)49(48-59-60(56,57)58-47-46-53(3,4)5)52-51(55)45-43-41-39-37-34-17-15-13-11-9-7-2/h35-36,42,44,49-50,54H,6-34,37-41,43,45-48H2,1-5H3,(H-,52,55,56,57)/b36-35+,44-42+. The fourth-order valence-corrected chi connectivity index (χ4v) is 8.30. The van der Waals surface area contributed by atoms with Gasteiger partial charge in [-0.25, -0.2) is 0 Å². The number of phosphoric acid groups is 1. The van der Waals surface area contributed by atoms with Crippen LogP contribution in [0.15, 0.2) is 24.3 Å². The maximum absolute atomic E-state index is 12.8. The van der Waals surface area contributed by atoms with Crippen LogP contribution in [0, 0.1) is 0 Å². The lowest BCUT2D eigenvalue weighted by molar-refractivity contribution is -0.870. The molecule has 0 aromatic rings. The molecular formula is C51H101N2O6P. The molecule has 0 aliphatic carbocycles. The van der Waals surface area contributed by atoms with Crippen LogP contribution in [0.4, 0.5) is 0 Å². The molecule has 0 aliphatic rings. The van der Waals surface area contributed by atoms with Gasteiger partial charge in [-0.05, 0) is 32.1 Å². The fourth-order valence-electron chi connectivity index (χ4n) is 7.58. The Kier molecular flexibility index (Phi) is 42.5. The lowest BCUT2D eigenvalue weighted by Gasteiger charge is -2.29. The molecule has 3 unspecified atom stereocenters. The summed E-state index contributed by atoms with van der Waals surface area (Å²) >= 11 is 0. The van der Waals surface area contributed by atoms with E-state index in [1.807, 2.05) is 27.2 Å². The highest BCUT2D eigenvalue weighted by Gasteiger charge is 2.23. The van der Waals surface area contributed by atoms with Crippen LogP contribution in [0.2, 0.25) is 0 Å². The normalized spacial score (nSPS) is 14.3. The minimum Gasteiger partial charge on any atom is -0.756 e. The van der Waals surface area contributed by atoms with Gasteiger partial charge in [0.25, 0.3) is 7.82 Å². The number of carbonyl (C=O) groups excluding carboxylic acids is 1. The third-order valence-electron chi connectivity index (χ3n) is 11.7. The summed E-state index contributed by atoms with van der Waals surface area (Å²) in [5, 5.41) is 13.8. The average Bonchev–Trinajstić information content (AvgIpc) is 3.20. The van der Waals surface area contributed by atoms with Gasteiger partial charge in [-0.15, -0.1) is 0 Å². The van der Waals surface area contributed by atoms with Crippen LogP contribution in [0.5, 0.6) is 0 Å². The molecule has 0 saturated heterocycles. The van der Waals surface area contributed by atoms with Crippen molar-refractivity contribution >= 4 is 13.7 Å². The Hall–Kier alpha value is -1.02. The van der Waals surface area contributed by atoms with E-state index in [0.717, 1.165) is 38.5 Å². The molecular weight excluding hydrogens is 768 g/mol. The summed E-state index contributed by atoms with van der Waals surface area (Å²) in [4.78, 5) is 25.3. The van der Waals surface area contributed by atoms with E-state index in [1.165, 1.54) is 186 Å². The highest BCUT2D eigenvalue weighted by atomic mass is 31.2. The second kappa shape index (κ2) is 43.2. The Labute approximate surface area is 373 Å². The Balaban J connectivity index is 4.20. The second-order valence-corrected chi connectivity index (χ2v) is 20.3. The van der Waals surface area contributed by atoms with Crippen molar-refractivity contribution in [3.8, 4) is 0 Å². The van der Waals surface area contributed by atoms with Crippen molar-refractivity contribution in [3.63, 3.8) is 0 Å². The van der Waals surface area contributed by atoms with Gasteiger partial charge in [0, 0.05) is 6.42 Å². The molecule has 2 N–H and O–H groups in total. The van der Waals surface area contributed by atoms with E-state index in [2.05, 4.69) is 31.3 Å². The zero-order valence-electron chi connectivity index (χ0n) is 40.4. The predicted octanol–water partition coefficient (Wildman–Crippen LogP) is 14.2. The van der Waals surface area contributed by atoms with Crippen LogP contribution in [0.1, 0.15) is 245 Å². The van der Waals surface area contributed by atoms with Crippen molar-refractivity contribution in [2.24, 2.45) is 0 Å². The van der Waals surface area contributed by atoms with Crippen LogP contribution < -0.4 is 10.2 Å². The van der Waals surface area contributed by atoms with Crippen LogP contribution >= 0.6 is 7.82 Å². The van der Waals surface area contributed by atoms with E-state index in [-0.39, 0.29) is 19.1 Å². The van der Waals surface area contributed by atoms with Gasteiger partial charge in [0.15, 0.2) is 0 Å². The topological polar surface area (TPSA) is 108 Å². The van der Waals surface area contributed by atoms with Crippen molar-refractivity contribution in [1.29, 1.82) is 0 Å². The van der Waals surface area contributed by atoms with Gasteiger partial charge in [0.05, 0.1) is 39.9 Å². The number of carbonyl (C=O) groups is 1. The summed E-state index contributed by atoms with van der Waals surface area (Å²) in [6.45, 7) is 4.64. The largest absolute Gasteiger partial charge is 0.756 e. The van der Waals surface area contributed by atoms with E-state index < -0.39 is 20.0 Å². The first kappa shape index (κ1) is 59.0. The molecule has 3 atom stereocenters. The SMILES string of the molecule is CCCCCCCCCCCCCCCCCCCCCCC/C=C/CC/C=C/C(O)C(COP(=O)([O-])OCC[N+](C)(C)C)NC(=O)CCCCCCCCCCCCC. The quantitative estimate of drug-likeness (QED) is 0.0273. The predicted molar refractivity (Wildman–Crippen MR) is 256 cm³/mol. The average molecular weight is 869 g/mol. The first-order valence-electron chi connectivity index (χ1n) is 25.7. The number of allylic oxidation sites excluding steroid dienone is 3. The molecule has 9 heteroatoms. The van der Waals surface area contributed by atoms with Crippen LogP contribution in [-0.4, -0.2) is 68.5 Å². The number of nitrogens with one attached hydrogen (secondary N) is 1. The summed E-state index contributed by atoms with van der Waals surface area (Å²) < 4.78 is 23.2. The van der Waals surface area contributed by atoms with Crippen LogP contribution in [0.3, 0.4) is 0 Å². The number of aliphatic hydroxyl groups excluding tert-OH is 1. The van der Waals surface area contributed by atoms with Gasteiger partial charge >= 0.3 is 0 Å². The molecule has 1 amide bonds. The number of quaternary nitrogens is 1. The first-order valence-corrected chi connectivity index (χ1v) is 27.2. The zero-order chi connectivity index (χ0) is 44.3. The summed E-state index contributed by atoms with van der Waals surface area (Å²) in [5.74, 6) is -0.207. The van der Waals surface area contributed by atoms with Crippen LogP contribution in [-0.2, 0) is 18.4 Å². The fraction of sp³-hybridized carbons (Fsp3) is 0.902. The summed E-state index contributed by atoms with van der Waals surface area (Å²) in [5.41, 5.74) is 0. The number of unbranched alkanes of at least 4 members (excludes halogenated alkanes) is 32. The molecule has 0 rings (SSSR count). The van der Waals surface area contributed by atoms with Gasteiger partial charge in [-0.1, -0.05) is 231 Å². The van der Waals surface area contributed by atoms with Crippen molar-refractivity contribution < 1.29 is 32.9 Å². The number of phosphoric ester groups is 1. The maximum Gasteiger partial charge on any atom is 0.268 e. The molecule has 0 bridgehead atoms. The van der Waals surface area contributed by atoms with E-state index >= 15 is 0 Å². The number of hydrogen-bond acceptors (Lipinski definition) is 6. The van der Waals surface area contributed by atoms with Crippen molar-refractivity contribution in [1.82, 2.24) is 5.32 Å². The first-order chi connectivity index (χ1) is 29.0. The lowest BCUT2D eigenvalue weighted by Crippen LogP contribution is -2.45. The minimum absolute atomic E-state index is 0.00422. The molecule has 0 aliphatic heterocycles. The van der Waals surface area contributed by atoms with E-state index in [1.54, 1.807) is 6.08 Å². The minimum atomic E-state index is -4.59. The number of nitrogens with zero attached hydrogens (tertiary/aromatic N) is 1. The summed E-state index contributed by atoms with van der Waals surface area (Å²) in [6, 6.07) is -0.898. The third kappa shape index (κ3) is 45.0. The lowest BCUT2D eigenvalue weighted by atomic mass is 10.0. The number of aliphatic hydroxyl groups is 1. The number of rotatable bonds is 47. The second-order valence-electron chi connectivity index (χ2n) is 18.9. The summed E-state index contributed by atoms with van der Waals surface area (Å²) in [7, 11) is 1.25. The number of hydrogen-bond donors (Lipinski definition) is 2. The highest BCUT2D eigenvalue weighted by Crippen LogP contribution is 2.38. The van der Waals surface area contributed by atoms with E-state index in [0.29, 0.717) is 17.4 Å². The monoisotopic (exact) mass is 869 g/mol. The van der Waals surface area contributed by atoms with E-state index in [4.69, 9.17) is 9.05 Å². The molecule has 60 heavy (non-hydrogen) atoms. The summed E-state index contributed by atoms with van der Waals surface area (Å²) in [6.07, 6.45) is 52.6. The number of likely N-dealkylation sites (N-methyl/N-ethyl adjacent to an activating group) is 1. The Morgan fingerprint density at radius 1 is 0.567 bits per heavy atom. The molecule has 0 fully saturated rings. The van der Waals surface area contributed by atoms with Gasteiger partial charge in [0.2, 0.25) is 5.91 Å². The Bertz CT molecular complexity index is 1030. The molecule has 0 aromatic heterocycles. The molecule has 0 radical (unpaired) electrons. The van der Waals surface area contributed by atoms with Crippen molar-refractivity contribution in [3.05, 3.63) is 24.3 Å². The van der Waals surface area contributed by atoms with E-state index in [9.17, 15) is 19.4 Å². The molecule has 0 aromatic carbocycles. The van der Waals surface area contributed by atoms with Gasteiger partial charge in [0.1, 0.15) is 13.2 Å². The maximum atomic E-state index is 12.8. The molecule has 8 nitrogen and oxygen atoms in total. The van der Waals surface area contributed by atoms with Gasteiger partial charge in [-0.2, -0.15) is 0 Å². The van der Waals surface area contributed by atoms with Crippen molar-refractivity contribution in [2.45, 2.75) is 257 Å².